The lowest BCUT2D eigenvalue weighted by Crippen LogP contribution is -2.36. The van der Waals surface area contributed by atoms with Gasteiger partial charge in [0.05, 0.1) is 0 Å². The van der Waals surface area contributed by atoms with Crippen LogP contribution in [-0.4, -0.2) is 18.5 Å². The van der Waals surface area contributed by atoms with Gasteiger partial charge in [0.1, 0.15) is 0 Å². The third kappa shape index (κ3) is 4.47. The van der Waals surface area contributed by atoms with E-state index < -0.39 is 0 Å². The van der Waals surface area contributed by atoms with E-state index in [4.69, 9.17) is 17.3 Å². The van der Waals surface area contributed by atoms with Crippen LogP contribution >= 0.6 is 11.6 Å². The van der Waals surface area contributed by atoms with Crippen LogP contribution in [0.5, 0.6) is 0 Å². The quantitative estimate of drug-likeness (QED) is 0.787. The minimum atomic E-state index is -0.145. The number of carbonyl (C=O) groups excluding carboxylic acids is 1. The molecule has 0 bridgehead atoms. The number of rotatable bonds is 4. The molecule has 1 amide bonds. The largest absolute Gasteiger partial charge is 0.349 e. The normalized spacial score (nSPS) is 12.7. The van der Waals surface area contributed by atoms with Crippen molar-refractivity contribution in [3.8, 4) is 0 Å². The van der Waals surface area contributed by atoms with E-state index in [-0.39, 0.29) is 11.9 Å². The Labute approximate surface area is 100 Å². The van der Waals surface area contributed by atoms with Gasteiger partial charge in [0.25, 0.3) is 0 Å². The lowest BCUT2D eigenvalue weighted by Gasteiger charge is -2.08. The van der Waals surface area contributed by atoms with Crippen LogP contribution in [-0.2, 0) is 4.79 Å². The summed E-state index contributed by atoms with van der Waals surface area (Å²) in [6, 6.07) is 7.24. The molecule has 0 aliphatic rings. The van der Waals surface area contributed by atoms with Crippen LogP contribution in [0.4, 0.5) is 0 Å². The third-order valence-corrected chi connectivity index (χ3v) is 2.29. The average Bonchev–Trinajstić information content (AvgIpc) is 2.28. The van der Waals surface area contributed by atoms with Crippen molar-refractivity contribution in [3.05, 3.63) is 40.9 Å². The van der Waals surface area contributed by atoms with Crippen molar-refractivity contribution in [2.45, 2.75) is 13.0 Å². The highest BCUT2D eigenvalue weighted by Gasteiger charge is 2.00. The number of hydrogen-bond acceptors (Lipinski definition) is 2. The minimum Gasteiger partial charge on any atom is -0.349 e. The monoisotopic (exact) mass is 238 g/mol. The first-order valence-electron chi connectivity index (χ1n) is 5.06. The van der Waals surface area contributed by atoms with Crippen LogP contribution in [0.25, 0.3) is 6.08 Å². The number of carbonyl (C=O) groups is 1. The molecular formula is C12H15ClN2O. The van der Waals surface area contributed by atoms with Crippen LogP contribution < -0.4 is 11.1 Å². The summed E-state index contributed by atoms with van der Waals surface area (Å²) in [5.41, 5.74) is 6.32. The molecule has 1 rings (SSSR count). The van der Waals surface area contributed by atoms with E-state index in [0.29, 0.717) is 11.6 Å². The predicted molar refractivity (Wildman–Crippen MR) is 67.1 cm³/mol. The highest BCUT2D eigenvalue weighted by Crippen LogP contribution is 2.10. The Hall–Kier alpha value is -1.32. The van der Waals surface area contributed by atoms with E-state index in [0.717, 1.165) is 5.56 Å². The molecule has 0 radical (unpaired) electrons. The van der Waals surface area contributed by atoms with E-state index >= 15 is 0 Å². The van der Waals surface area contributed by atoms with Crippen LogP contribution in [0.2, 0.25) is 5.02 Å². The van der Waals surface area contributed by atoms with Gasteiger partial charge in [-0.25, -0.2) is 0 Å². The van der Waals surface area contributed by atoms with Crippen molar-refractivity contribution in [3.63, 3.8) is 0 Å². The summed E-state index contributed by atoms with van der Waals surface area (Å²) in [6.45, 7) is 2.29. The van der Waals surface area contributed by atoms with E-state index in [2.05, 4.69) is 5.32 Å². The van der Waals surface area contributed by atoms with Crippen molar-refractivity contribution >= 4 is 23.6 Å². The van der Waals surface area contributed by atoms with Crippen LogP contribution in [0.1, 0.15) is 12.5 Å². The molecule has 0 saturated heterocycles. The van der Waals surface area contributed by atoms with E-state index in [9.17, 15) is 4.79 Å². The first kappa shape index (κ1) is 12.7. The summed E-state index contributed by atoms with van der Waals surface area (Å²) in [6.07, 6.45) is 3.21. The van der Waals surface area contributed by atoms with Gasteiger partial charge in [-0.15, -0.1) is 0 Å². The molecule has 86 valence electrons. The maximum Gasteiger partial charge on any atom is 0.244 e. The molecule has 0 aromatic heterocycles. The number of nitrogens with one attached hydrogen (secondary N) is 1. The Balaban J connectivity index is 2.53. The Bertz CT molecular complexity index is 373. The molecule has 4 heteroatoms. The van der Waals surface area contributed by atoms with Crippen molar-refractivity contribution in [2.75, 3.05) is 6.54 Å². The molecule has 1 aromatic carbocycles. The molecule has 1 atom stereocenters. The van der Waals surface area contributed by atoms with Crippen molar-refractivity contribution in [1.82, 2.24) is 5.32 Å². The van der Waals surface area contributed by atoms with Gasteiger partial charge < -0.3 is 11.1 Å². The lowest BCUT2D eigenvalue weighted by molar-refractivity contribution is -0.116. The second kappa shape index (κ2) is 6.30. The van der Waals surface area contributed by atoms with Gasteiger partial charge in [-0.05, 0) is 30.7 Å². The number of nitrogens with two attached hydrogens (primary N) is 1. The molecule has 0 spiro atoms. The SMILES string of the molecule is C[C@H](CN)NC(=O)/C=C/c1ccc(Cl)cc1. The zero-order chi connectivity index (χ0) is 12.0. The summed E-state index contributed by atoms with van der Waals surface area (Å²) in [4.78, 5) is 11.4. The first-order valence-corrected chi connectivity index (χ1v) is 5.44. The molecular weight excluding hydrogens is 224 g/mol. The summed E-state index contributed by atoms with van der Waals surface area (Å²) < 4.78 is 0. The summed E-state index contributed by atoms with van der Waals surface area (Å²) in [5, 5.41) is 3.41. The summed E-state index contributed by atoms with van der Waals surface area (Å²) >= 11 is 5.74. The van der Waals surface area contributed by atoms with Gasteiger partial charge in [-0.3, -0.25) is 4.79 Å². The summed E-state index contributed by atoms with van der Waals surface area (Å²) in [5.74, 6) is -0.145. The van der Waals surface area contributed by atoms with Crippen LogP contribution in [0.3, 0.4) is 0 Å². The van der Waals surface area contributed by atoms with Gasteiger partial charge in [0.2, 0.25) is 5.91 Å². The van der Waals surface area contributed by atoms with Gasteiger partial charge in [0, 0.05) is 23.7 Å². The van der Waals surface area contributed by atoms with Gasteiger partial charge in [-0.2, -0.15) is 0 Å². The van der Waals surface area contributed by atoms with E-state index in [1.807, 2.05) is 19.1 Å². The molecule has 3 nitrogen and oxygen atoms in total. The Morgan fingerprint density at radius 3 is 2.69 bits per heavy atom. The predicted octanol–water partition coefficient (Wildman–Crippen LogP) is 1.82. The molecule has 0 fully saturated rings. The van der Waals surface area contributed by atoms with E-state index in [1.54, 1.807) is 18.2 Å². The van der Waals surface area contributed by atoms with Crippen molar-refractivity contribution in [2.24, 2.45) is 5.73 Å². The molecule has 16 heavy (non-hydrogen) atoms. The van der Waals surface area contributed by atoms with Crippen LogP contribution in [0.15, 0.2) is 30.3 Å². The van der Waals surface area contributed by atoms with Gasteiger partial charge in [-0.1, -0.05) is 23.7 Å². The smallest absolute Gasteiger partial charge is 0.244 e. The fourth-order valence-electron chi connectivity index (χ4n) is 1.10. The Morgan fingerprint density at radius 1 is 1.50 bits per heavy atom. The van der Waals surface area contributed by atoms with Crippen molar-refractivity contribution < 1.29 is 4.79 Å². The van der Waals surface area contributed by atoms with Crippen LogP contribution in [0, 0.1) is 0 Å². The molecule has 3 N–H and O–H groups in total. The van der Waals surface area contributed by atoms with Gasteiger partial charge in [0.15, 0.2) is 0 Å². The Morgan fingerprint density at radius 2 is 2.12 bits per heavy atom. The standard InChI is InChI=1S/C12H15ClN2O/c1-9(8-14)15-12(16)7-4-10-2-5-11(13)6-3-10/h2-7,9H,8,14H2,1H3,(H,15,16)/b7-4+/t9-/m1/s1. The average molecular weight is 239 g/mol. The summed E-state index contributed by atoms with van der Waals surface area (Å²) in [7, 11) is 0. The number of halogens is 1. The minimum absolute atomic E-state index is 0.0117. The highest BCUT2D eigenvalue weighted by atomic mass is 35.5. The first-order chi connectivity index (χ1) is 7.61. The maximum atomic E-state index is 11.4. The fourth-order valence-corrected chi connectivity index (χ4v) is 1.22. The van der Waals surface area contributed by atoms with Gasteiger partial charge >= 0.3 is 0 Å². The molecule has 1 aromatic rings. The maximum absolute atomic E-state index is 11.4. The zero-order valence-corrected chi connectivity index (χ0v) is 9.87. The second-order valence-electron chi connectivity index (χ2n) is 3.53. The Kier molecular flexibility index (Phi) is 5.02. The highest BCUT2D eigenvalue weighted by molar-refractivity contribution is 6.30. The third-order valence-electron chi connectivity index (χ3n) is 2.04. The molecule has 0 unspecified atom stereocenters. The number of hydrogen-bond donors (Lipinski definition) is 2. The second-order valence-corrected chi connectivity index (χ2v) is 3.97. The number of benzene rings is 1. The molecule has 0 aliphatic heterocycles. The molecule has 0 heterocycles. The zero-order valence-electron chi connectivity index (χ0n) is 9.11. The fraction of sp³-hybridized carbons (Fsp3) is 0.250. The van der Waals surface area contributed by atoms with E-state index in [1.165, 1.54) is 6.08 Å². The topological polar surface area (TPSA) is 55.1 Å². The van der Waals surface area contributed by atoms with Crippen molar-refractivity contribution in [1.29, 1.82) is 0 Å². The molecule has 0 aliphatic carbocycles. The number of amides is 1. The molecule has 0 saturated carbocycles. The lowest BCUT2D eigenvalue weighted by atomic mass is 10.2.